The van der Waals surface area contributed by atoms with Gasteiger partial charge in [0.05, 0.1) is 5.69 Å². The molecule has 0 bridgehead atoms. The van der Waals surface area contributed by atoms with Crippen molar-refractivity contribution in [2.24, 2.45) is 0 Å². The highest BCUT2D eigenvalue weighted by molar-refractivity contribution is 8.00. The van der Waals surface area contributed by atoms with Crippen LogP contribution < -0.4 is 10.2 Å². The molecule has 0 aromatic carbocycles. The van der Waals surface area contributed by atoms with Gasteiger partial charge in [-0.25, -0.2) is 4.98 Å². The van der Waals surface area contributed by atoms with Crippen LogP contribution in [0.25, 0.3) is 0 Å². The Kier molecular flexibility index (Phi) is 6.66. The van der Waals surface area contributed by atoms with Crippen molar-refractivity contribution in [1.82, 2.24) is 15.2 Å². The molecule has 0 radical (unpaired) electrons. The number of nitrogens with zero attached hydrogens (tertiary/aromatic N) is 4. The van der Waals surface area contributed by atoms with Crippen LogP contribution in [0.15, 0.2) is 9.72 Å². The minimum Gasteiger partial charge on any atom is -0.357 e. The molecule has 2 aromatic heterocycles. The molecule has 0 unspecified atom stereocenters. The van der Waals surface area contributed by atoms with Gasteiger partial charge in [-0.15, -0.1) is 21.5 Å². The van der Waals surface area contributed by atoms with E-state index >= 15 is 0 Å². The van der Waals surface area contributed by atoms with Gasteiger partial charge in [0.1, 0.15) is 0 Å². The molecule has 6 nitrogen and oxygen atoms in total. The average molecular weight is 398 g/mol. The van der Waals surface area contributed by atoms with E-state index in [2.05, 4.69) is 20.5 Å². The highest BCUT2D eigenvalue weighted by Gasteiger charge is 2.16. The van der Waals surface area contributed by atoms with Crippen LogP contribution in [0.5, 0.6) is 0 Å². The molecule has 0 aliphatic heterocycles. The molecule has 1 saturated carbocycles. The van der Waals surface area contributed by atoms with Crippen molar-refractivity contribution >= 4 is 50.6 Å². The Morgan fingerprint density at radius 2 is 2.16 bits per heavy atom. The molecule has 0 spiro atoms. The Hall–Kier alpha value is -1.19. The number of rotatable bonds is 7. The fourth-order valence-corrected chi connectivity index (χ4v) is 5.62. The van der Waals surface area contributed by atoms with Crippen molar-refractivity contribution in [3.05, 3.63) is 11.1 Å². The fraction of sp³-hybridized carbons (Fsp3) is 0.625. The van der Waals surface area contributed by atoms with E-state index < -0.39 is 0 Å². The third kappa shape index (κ3) is 5.15. The minimum atomic E-state index is 0.0265. The number of hydrogen-bond donors (Lipinski definition) is 1. The first-order valence-electron chi connectivity index (χ1n) is 8.61. The van der Waals surface area contributed by atoms with E-state index in [-0.39, 0.29) is 5.91 Å². The first-order valence-corrected chi connectivity index (χ1v) is 11.3. The van der Waals surface area contributed by atoms with Crippen molar-refractivity contribution in [3.63, 3.8) is 0 Å². The summed E-state index contributed by atoms with van der Waals surface area (Å²) in [5, 5.41) is 15.7. The summed E-state index contributed by atoms with van der Waals surface area (Å²) in [6, 6.07) is 0.548. The van der Waals surface area contributed by atoms with Crippen LogP contribution in [0.4, 0.5) is 10.3 Å². The Morgan fingerprint density at radius 3 is 2.88 bits per heavy atom. The van der Waals surface area contributed by atoms with Crippen LogP contribution in [0, 0.1) is 0 Å². The van der Waals surface area contributed by atoms with E-state index in [1.807, 2.05) is 12.3 Å². The van der Waals surface area contributed by atoms with Crippen LogP contribution >= 0.6 is 34.4 Å². The first kappa shape index (κ1) is 18.6. The van der Waals surface area contributed by atoms with Gasteiger partial charge in [0.15, 0.2) is 9.47 Å². The lowest BCUT2D eigenvalue weighted by atomic mass is 9.96. The number of hydrogen-bond acceptors (Lipinski definition) is 8. The first-order chi connectivity index (χ1) is 12.2. The number of amides is 1. The zero-order chi connectivity index (χ0) is 17.6. The number of nitrogens with one attached hydrogen (secondary N) is 1. The Balaban J connectivity index is 1.52. The maximum Gasteiger partial charge on any atom is 0.225 e. The van der Waals surface area contributed by atoms with Gasteiger partial charge < -0.3 is 5.32 Å². The molecule has 0 saturated heterocycles. The summed E-state index contributed by atoms with van der Waals surface area (Å²) in [6.07, 6.45) is 6.42. The summed E-state index contributed by atoms with van der Waals surface area (Å²) < 4.78 is 0.951. The Morgan fingerprint density at radius 1 is 1.36 bits per heavy atom. The van der Waals surface area contributed by atoms with Crippen LogP contribution in [0.3, 0.4) is 0 Å². The predicted molar refractivity (Wildman–Crippen MR) is 106 cm³/mol. The lowest BCUT2D eigenvalue weighted by molar-refractivity contribution is -0.116. The van der Waals surface area contributed by atoms with E-state index in [9.17, 15) is 4.79 Å². The van der Waals surface area contributed by atoms with E-state index in [0.29, 0.717) is 12.6 Å². The average Bonchev–Trinajstić information content (AvgIpc) is 3.24. The largest absolute Gasteiger partial charge is 0.357 e. The number of anilines is 2. The van der Waals surface area contributed by atoms with Crippen molar-refractivity contribution in [2.45, 2.75) is 62.1 Å². The fourth-order valence-electron chi connectivity index (χ4n) is 2.86. The second kappa shape index (κ2) is 8.95. The predicted octanol–water partition coefficient (Wildman–Crippen LogP) is 4.40. The monoisotopic (exact) mass is 397 g/mol. The van der Waals surface area contributed by atoms with Crippen LogP contribution in [-0.2, 0) is 10.5 Å². The zero-order valence-electron chi connectivity index (χ0n) is 14.5. The van der Waals surface area contributed by atoms with Crippen molar-refractivity contribution in [2.75, 3.05) is 16.8 Å². The molecule has 2 heterocycles. The lowest BCUT2D eigenvalue weighted by Gasteiger charge is -2.21. The molecular weight excluding hydrogens is 374 g/mol. The van der Waals surface area contributed by atoms with Crippen molar-refractivity contribution in [3.8, 4) is 0 Å². The van der Waals surface area contributed by atoms with E-state index in [4.69, 9.17) is 0 Å². The topological polar surface area (TPSA) is 71.0 Å². The molecule has 1 N–H and O–H groups in total. The molecule has 9 heteroatoms. The van der Waals surface area contributed by atoms with Gasteiger partial charge in [-0.3, -0.25) is 9.69 Å². The Labute approximate surface area is 160 Å². The van der Waals surface area contributed by atoms with Gasteiger partial charge in [-0.2, -0.15) is 0 Å². The quantitative estimate of drug-likeness (QED) is 0.698. The summed E-state index contributed by atoms with van der Waals surface area (Å²) in [5.74, 6) is 0.767. The highest BCUT2D eigenvalue weighted by atomic mass is 32.2. The number of aromatic nitrogens is 3. The Bertz CT molecular complexity index is 696. The van der Waals surface area contributed by atoms with Crippen molar-refractivity contribution < 1.29 is 4.79 Å². The molecule has 2 aromatic rings. The SMILES string of the molecule is CCN(C(C)=O)c1nc(CSc2nnc(NC3CCCCC3)s2)cs1. The minimum absolute atomic E-state index is 0.0265. The van der Waals surface area contributed by atoms with Gasteiger partial charge in [0.25, 0.3) is 0 Å². The van der Waals surface area contributed by atoms with Gasteiger partial charge in [0.2, 0.25) is 11.0 Å². The van der Waals surface area contributed by atoms with Gasteiger partial charge in [-0.05, 0) is 19.8 Å². The summed E-state index contributed by atoms with van der Waals surface area (Å²) >= 11 is 4.76. The zero-order valence-corrected chi connectivity index (χ0v) is 17.0. The van der Waals surface area contributed by atoms with Gasteiger partial charge in [0, 0.05) is 30.6 Å². The molecule has 25 heavy (non-hydrogen) atoms. The van der Waals surface area contributed by atoms with Gasteiger partial charge in [-0.1, -0.05) is 42.4 Å². The molecule has 1 fully saturated rings. The van der Waals surface area contributed by atoms with Gasteiger partial charge >= 0.3 is 0 Å². The maximum atomic E-state index is 11.6. The molecule has 1 amide bonds. The number of carbonyl (C=O) groups excluding carboxylic acids is 1. The standard InChI is InChI=1S/C16H23N5OS3/c1-3-21(11(2)22)15-18-13(9-23-15)10-24-16-20-19-14(25-16)17-12-7-5-4-6-8-12/h9,12H,3-8,10H2,1-2H3,(H,17,19). The van der Waals surface area contributed by atoms with E-state index in [1.54, 1.807) is 34.9 Å². The van der Waals surface area contributed by atoms with Crippen LogP contribution in [0.2, 0.25) is 0 Å². The second-order valence-electron chi connectivity index (χ2n) is 6.03. The number of carbonyl (C=O) groups is 1. The van der Waals surface area contributed by atoms with Crippen LogP contribution in [-0.4, -0.2) is 33.7 Å². The molecule has 136 valence electrons. The number of thiazole rings is 1. The molecular formula is C16H23N5OS3. The molecule has 1 aliphatic rings. The summed E-state index contributed by atoms with van der Waals surface area (Å²) in [5.41, 5.74) is 0.974. The number of thioether (sulfide) groups is 1. The molecule has 3 rings (SSSR count). The van der Waals surface area contributed by atoms with Crippen LogP contribution in [0.1, 0.15) is 51.6 Å². The smallest absolute Gasteiger partial charge is 0.225 e. The normalized spacial score (nSPS) is 15.3. The highest BCUT2D eigenvalue weighted by Crippen LogP contribution is 2.31. The third-order valence-corrected chi connectivity index (χ3v) is 7.08. The third-order valence-electron chi connectivity index (χ3n) is 4.15. The second-order valence-corrected chi connectivity index (χ2v) is 9.06. The maximum absolute atomic E-state index is 11.6. The van der Waals surface area contributed by atoms with E-state index in [0.717, 1.165) is 26.0 Å². The molecule has 0 atom stereocenters. The lowest BCUT2D eigenvalue weighted by Crippen LogP contribution is -2.27. The summed E-state index contributed by atoms with van der Waals surface area (Å²) in [7, 11) is 0. The summed E-state index contributed by atoms with van der Waals surface area (Å²) in [6.45, 7) is 4.17. The van der Waals surface area contributed by atoms with E-state index in [1.165, 1.54) is 43.4 Å². The molecule has 1 aliphatic carbocycles. The summed E-state index contributed by atoms with van der Waals surface area (Å²) in [4.78, 5) is 17.8. The van der Waals surface area contributed by atoms with Crippen molar-refractivity contribution in [1.29, 1.82) is 0 Å².